The van der Waals surface area contributed by atoms with Gasteiger partial charge in [0.1, 0.15) is 29.8 Å². The van der Waals surface area contributed by atoms with E-state index in [-0.39, 0.29) is 6.10 Å². The zero-order chi connectivity index (χ0) is 19.3. The molecule has 2 aromatic carbocycles. The van der Waals surface area contributed by atoms with Crippen LogP contribution in [0.2, 0.25) is 5.02 Å². The molecular weight excluding hydrogens is 364 g/mol. The minimum atomic E-state index is -0.940. The van der Waals surface area contributed by atoms with E-state index in [0.29, 0.717) is 30.5 Å². The van der Waals surface area contributed by atoms with Gasteiger partial charge in [0.25, 0.3) is 0 Å². The fraction of sp³-hybridized carbons (Fsp3) is 0.429. The quantitative estimate of drug-likeness (QED) is 0.760. The number of rotatable bonds is 7. The van der Waals surface area contributed by atoms with E-state index in [0.717, 1.165) is 25.3 Å². The summed E-state index contributed by atoms with van der Waals surface area (Å²) in [6.07, 6.45) is 0.483. The molecule has 5 nitrogen and oxygen atoms in total. The fourth-order valence-electron chi connectivity index (χ4n) is 3.40. The summed E-state index contributed by atoms with van der Waals surface area (Å²) in [5, 5.41) is 11.6. The van der Waals surface area contributed by atoms with Crippen molar-refractivity contribution in [1.29, 1.82) is 0 Å². The predicted molar refractivity (Wildman–Crippen MR) is 107 cm³/mol. The Kier molecular flexibility index (Phi) is 6.60. The minimum absolute atomic E-state index is 0.265. The number of β-amino-alcohol motifs (C(OH)–C–C–N with tert-alkyl or cyclic N) is 1. The Balaban J connectivity index is 1.56. The van der Waals surface area contributed by atoms with Crippen LogP contribution in [0.4, 0.5) is 0 Å². The molecule has 1 aliphatic heterocycles. The highest BCUT2D eigenvalue weighted by atomic mass is 35.5. The molecule has 0 unspecified atom stereocenters. The summed E-state index contributed by atoms with van der Waals surface area (Å²) >= 11 is 6.02. The van der Waals surface area contributed by atoms with Crippen molar-refractivity contribution in [2.24, 2.45) is 5.73 Å². The monoisotopic (exact) mass is 390 g/mol. The number of likely N-dealkylation sites (tertiary alicyclic amines) is 1. The van der Waals surface area contributed by atoms with Gasteiger partial charge in [0.15, 0.2) is 0 Å². The van der Waals surface area contributed by atoms with Crippen LogP contribution >= 0.6 is 11.6 Å². The van der Waals surface area contributed by atoms with Gasteiger partial charge in [-0.2, -0.15) is 0 Å². The average molecular weight is 391 g/mol. The maximum atomic E-state index is 10.9. The van der Waals surface area contributed by atoms with Crippen molar-refractivity contribution in [1.82, 2.24) is 4.90 Å². The normalized spacial score (nSPS) is 23.2. The summed E-state index contributed by atoms with van der Waals surface area (Å²) in [7, 11) is 0. The number of piperidine rings is 1. The van der Waals surface area contributed by atoms with Crippen LogP contribution in [-0.4, -0.2) is 48.0 Å². The van der Waals surface area contributed by atoms with Crippen molar-refractivity contribution in [3.8, 4) is 11.5 Å². The predicted octanol–water partition coefficient (Wildman–Crippen LogP) is 3.08. The molecule has 27 heavy (non-hydrogen) atoms. The van der Waals surface area contributed by atoms with Gasteiger partial charge < -0.3 is 20.3 Å². The first-order valence-corrected chi connectivity index (χ1v) is 9.63. The molecule has 6 heteroatoms. The summed E-state index contributed by atoms with van der Waals surface area (Å²) in [6.45, 7) is 5.02. The van der Waals surface area contributed by atoms with Crippen molar-refractivity contribution < 1.29 is 14.6 Å². The molecule has 2 aromatic rings. The molecule has 0 bridgehead atoms. The van der Waals surface area contributed by atoms with Crippen LogP contribution in [0.1, 0.15) is 18.9 Å². The van der Waals surface area contributed by atoms with E-state index in [4.69, 9.17) is 26.8 Å². The fourth-order valence-corrected chi connectivity index (χ4v) is 3.58. The second kappa shape index (κ2) is 8.93. The van der Waals surface area contributed by atoms with E-state index < -0.39 is 5.60 Å². The van der Waals surface area contributed by atoms with Gasteiger partial charge in [-0.1, -0.05) is 29.8 Å². The molecule has 0 spiro atoms. The van der Waals surface area contributed by atoms with Gasteiger partial charge >= 0.3 is 0 Å². The number of ether oxygens (including phenoxy) is 2. The first kappa shape index (κ1) is 20.0. The first-order valence-electron chi connectivity index (χ1n) is 9.25. The van der Waals surface area contributed by atoms with E-state index >= 15 is 0 Å². The molecule has 1 aliphatic rings. The molecule has 0 saturated carbocycles. The van der Waals surface area contributed by atoms with Crippen molar-refractivity contribution >= 4 is 11.6 Å². The molecule has 3 rings (SSSR count). The summed E-state index contributed by atoms with van der Waals surface area (Å²) < 4.78 is 11.5. The van der Waals surface area contributed by atoms with Crippen LogP contribution in [-0.2, 0) is 6.54 Å². The molecule has 2 atom stereocenters. The van der Waals surface area contributed by atoms with Gasteiger partial charge in [-0.05, 0) is 49.2 Å². The molecule has 0 radical (unpaired) electrons. The lowest BCUT2D eigenvalue weighted by Gasteiger charge is -2.42. The van der Waals surface area contributed by atoms with Crippen LogP contribution in [0.3, 0.4) is 0 Å². The van der Waals surface area contributed by atoms with Crippen molar-refractivity contribution in [2.75, 3.05) is 26.2 Å². The third-order valence-electron chi connectivity index (χ3n) is 4.74. The van der Waals surface area contributed by atoms with Crippen LogP contribution in [0.25, 0.3) is 0 Å². The Morgan fingerprint density at radius 2 is 2.00 bits per heavy atom. The molecule has 1 saturated heterocycles. The Hall–Kier alpha value is -1.79. The van der Waals surface area contributed by atoms with Gasteiger partial charge in [-0.25, -0.2) is 0 Å². The molecule has 0 aliphatic carbocycles. The highest BCUT2D eigenvalue weighted by Crippen LogP contribution is 2.28. The number of benzene rings is 2. The van der Waals surface area contributed by atoms with E-state index in [1.807, 2.05) is 37.3 Å². The topological polar surface area (TPSA) is 68.0 Å². The molecule has 0 aromatic heterocycles. The van der Waals surface area contributed by atoms with Crippen LogP contribution in [0, 0.1) is 0 Å². The molecule has 146 valence electrons. The Labute approximate surface area is 165 Å². The zero-order valence-corrected chi connectivity index (χ0v) is 16.4. The Morgan fingerprint density at radius 3 is 2.67 bits per heavy atom. The van der Waals surface area contributed by atoms with Crippen molar-refractivity contribution in [3.05, 3.63) is 59.1 Å². The molecule has 0 amide bonds. The van der Waals surface area contributed by atoms with Crippen LogP contribution < -0.4 is 15.2 Å². The minimum Gasteiger partial charge on any atom is -0.492 e. The molecule has 1 fully saturated rings. The van der Waals surface area contributed by atoms with E-state index in [1.54, 1.807) is 6.07 Å². The van der Waals surface area contributed by atoms with Crippen LogP contribution in [0.15, 0.2) is 48.5 Å². The molecule has 3 N–H and O–H groups in total. The van der Waals surface area contributed by atoms with Gasteiger partial charge in [0.2, 0.25) is 0 Å². The van der Waals surface area contributed by atoms with Crippen molar-refractivity contribution in [3.63, 3.8) is 0 Å². The van der Waals surface area contributed by atoms with E-state index in [1.165, 1.54) is 5.56 Å². The van der Waals surface area contributed by atoms with Gasteiger partial charge in [0, 0.05) is 31.2 Å². The van der Waals surface area contributed by atoms with Gasteiger partial charge in [-0.3, -0.25) is 4.90 Å². The summed E-state index contributed by atoms with van der Waals surface area (Å²) in [4.78, 5) is 2.24. The highest BCUT2D eigenvalue weighted by molar-refractivity contribution is 6.30. The smallest absolute Gasteiger partial charge is 0.129 e. The first-order chi connectivity index (χ1) is 13.0. The van der Waals surface area contributed by atoms with E-state index in [2.05, 4.69) is 17.0 Å². The average Bonchev–Trinajstić information content (AvgIpc) is 2.63. The summed E-state index contributed by atoms with van der Waals surface area (Å²) in [5.41, 5.74) is 5.69. The highest BCUT2D eigenvalue weighted by Gasteiger charge is 2.39. The largest absolute Gasteiger partial charge is 0.492 e. The number of halogens is 1. The maximum absolute atomic E-state index is 10.9. The number of nitrogens with two attached hydrogens (primary N) is 1. The summed E-state index contributed by atoms with van der Waals surface area (Å²) in [6, 6.07) is 15.3. The Morgan fingerprint density at radius 1 is 1.22 bits per heavy atom. The maximum Gasteiger partial charge on any atom is 0.129 e. The zero-order valence-electron chi connectivity index (χ0n) is 15.6. The number of hydrogen-bond donors (Lipinski definition) is 2. The van der Waals surface area contributed by atoms with Crippen LogP contribution in [0.5, 0.6) is 11.5 Å². The molecule has 1 heterocycles. The third kappa shape index (κ3) is 5.59. The SMILES string of the molecule is C[C@]1(O)CN(Cc2ccc(OCCN)cc2)CC[C@@H]1Oc1cccc(Cl)c1. The second-order valence-corrected chi connectivity index (χ2v) is 7.64. The summed E-state index contributed by atoms with van der Waals surface area (Å²) in [5.74, 6) is 1.51. The number of nitrogens with zero attached hydrogens (tertiary/aromatic N) is 1. The lowest BCUT2D eigenvalue weighted by molar-refractivity contribution is -0.0993. The van der Waals surface area contributed by atoms with Gasteiger partial charge in [-0.15, -0.1) is 0 Å². The second-order valence-electron chi connectivity index (χ2n) is 7.20. The number of aliphatic hydroxyl groups is 1. The third-order valence-corrected chi connectivity index (χ3v) is 4.97. The van der Waals surface area contributed by atoms with Crippen molar-refractivity contribution in [2.45, 2.75) is 31.6 Å². The standard InChI is InChI=1S/C21H27ClN2O3/c1-21(25)15-24(14-16-5-7-18(8-6-16)26-12-10-23)11-9-20(21)27-19-4-2-3-17(22)13-19/h2-8,13,20,25H,9-12,14-15,23H2,1H3/t20-,21-/m0/s1. The Bertz CT molecular complexity index is 736. The molecular formula is C21H27ClN2O3. The lowest BCUT2D eigenvalue weighted by Crippen LogP contribution is -2.56. The van der Waals surface area contributed by atoms with Gasteiger partial charge in [0.05, 0.1) is 0 Å². The number of hydrogen-bond acceptors (Lipinski definition) is 5. The van der Waals surface area contributed by atoms with E-state index in [9.17, 15) is 5.11 Å². The lowest BCUT2D eigenvalue weighted by atomic mass is 9.91.